The summed E-state index contributed by atoms with van der Waals surface area (Å²) in [6, 6.07) is 0. The number of ether oxygens (including phenoxy) is 1. The van der Waals surface area contributed by atoms with Crippen LogP contribution in [0.15, 0.2) is 0 Å². The second-order valence-corrected chi connectivity index (χ2v) is 4.14. The maximum atomic E-state index is 11.1. The maximum Gasteiger partial charge on any atom is 0.310 e. The van der Waals surface area contributed by atoms with Crippen molar-refractivity contribution < 1.29 is 9.53 Å². The third-order valence-corrected chi connectivity index (χ3v) is 2.95. The predicted molar refractivity (Wildman–Crippen MR) is 57.9 cm³/mol. The molecular formula is C10H18O2S. The van der Waals surface area contributed by atoms with Crippen LogP contribution in [-0.4, -0.2) is 17.4 Å². The van der Waals surface area contributed by atoms with Crippen molar-refractivity contribution in [2.45, 2.75) is 40.5 Å². The van der Waals surface area contributed by atoms with Crippen molar-refractivity contribution in [1.29, 1.82) is 0 Å². The first-order valence-electron chi connectivity index (χ1n) is 4.63. The quantitative estimate of drug-likeness (QED) is 0.506. The Morgan fingerprint density at radius 1 is 1.38 bits per heavy atom. The van der Waals surface area contributed by atoms with E-state index in [1.54, 1.807) is 6.92 Å². The van der Waals surface area contributed by atoms with Crippen molar-refractivity contribution in [2.24, 2.45) is 5.41 Å². The molecule has 0 heterocycles. The SMILES string of the molecule is CCOC(=O)CC(=S)C(C)(C)CC. The van der Waals surface area contributed by atoms with Gasteiger partial charge in [-0.25, -0.2) is 0 Å². The Bertz CT molecular complexity index is 197. The Morgan fingerprint density at radius 3 is 2.31 bits per heavy atom. The van der Waals surface area contributed by atoms with Gasteiger partial charge in [0.2, 0.25) is 0 Å². The number of carbonyl (C=O) groups is 1. The second-order valence-electron chi connectivity index (χ2n) is 3.64. The van der Waals surface area contributed by atoms with Crippen molar-refractivity contribution in [2.75, 3.05) is 6.61 Å². The smallest absolute Gasteiger partial charge is 0.310 e. The minimum absolute atomic E-state index is 0.0396. The first kappa shape index (κ1) is 12.6. The van der Waals surface area contributed by atoms with Gasteiger partial charge in [-0.15, -0.1) is 0 Å². The fourth-order valence-electron chi connectivity index (χ4n) is 0.780. The van der Waals surface area contributed by atoms with Gasteiger partial charge in [0.05, 0.1) is 13.0 Å². The Morgan fingerprint density at radius 2 is 1.92 bits per heavy atom. The number of hydrogen-bond donors (Lipinski definition) is 0. The highest BCUT2D eigenvalue weighted by atomic mass is 32.1. The van der Waals surface area contributed by atoms with Gasteiger partial charge in [-0.3, -0.25) is 4.79 Å². The van der Waals surface area contributed by atoms with E-state index in [1.165, 1.54) is 0 Å². The van der Waals surface area contributed by atoms with Crippen LogP contribution in [0.4, 0.5) is 0 Å². The van der Waals surface area contributed by atoms with E-state index in [0.717, 1.165) is 11.3 Å². The molecule has 0 saturated carbocycles. The van der Waals surface area contributed by atoms with E-state index >= 15 is 0 Å². The van der Waals surface area contributed by atoms with Crippen molar-refractivity contribution in [3.05, 3.63) is 0 Å². The molecular weight excluding hydrogens is 184 g/mol. The van der Waals surface area contributed by atoms with E-state index in [9.17, 15) is 4.79 Å². The van der Waals surface area contributed by atoms with Crippen LogP contribution < -0.4 is 0 Å². The molecule has 0 radical (unpaired) electrons. The summed E-state index contributed by atoms with van der Waals surface area (Å²) in [6.07, 6.45) is 1.22. The monoisotopic (exact) mass is 202 g/mol. The van der Waals surface area contributed by atoms with Gasteiger partial charge in [0.25, 0.3) is 0 Å². The summed E-state index contributed by atoms with van der Waals surface area (Å²) in [7, 11) is 0. The molecule has 0 rings (SSSR count). The summed E-state index contributed by atoms with van der Waals surface area (Å²) in [5.41, 5.74) is -0.0396. The van der Waals surface area contributed by atoms with E-state index < -0.39 is 0 Å². The zero-order chi connectivity index (χ0) is 10.5. The lowest BCUT2D eigenvalue weighted by molar-refractivity contribution is -0.141. The van der Waals surface area contributed by atoms with E-state index in [2.05, 4.69) is 20.8 Å². The molecule has 0 bridgehead atoms. The lowest BCUT2D eigenvalue weighted by Crippen LogP contribution is -2.24. The van der Waals surface area contributed by atoms with Crippen LogP contribution in [0.3, 0.4) is 0 Å². The summed E-state index contributed by atoms with van der Waals surface area (Å²) in [6.45, 7) is 8.39. The van der Waals surface area contributed by atoms with Gasteiger partial charge >= 0.3 is 5.97 Å². The molecule has 0 saturated heterocycles. The molecule has 0 aromatic rings. The minimum Gasteiger partial charge on any atom is -0.466 e. The number of esters is 1. The van der Waals surface area contributed by atoms with E-state index in [-0.39, 0.29) is 17.8 Å². The average molecular weight is 202 g/mol. The van der Waals surface area contributed by atoms with Crippen LogP contribution in [0.1, 0.15) is 40.5 Å². The van der Waals surface area contributed by atoms with Crippen LogP contribution in [0.2, 0.25) is 0 Å². The second kappa shape index (κ2) is 5.32. The summed E-state index contributed by atoms with van der Waals surface area (Å²) in [5.74, 6) is -0.214. The molecule has 0 atom stereocenters. The van der Waals surface area contributed by atoms with Gasteiger partial charge in [0.15, 0.2) is 0 Å². The highest BCUT2D eigenvalue weighted by molar-refractivity contribution is 7.80. The fourth-order valence-corrected chi connectivity index (χ4v) is 1.04. The first-order valence-corrected chi connectivity index (χ1v) is 5.03. The predicted octanol–water partition coefficient (Wildman–Crippen LogP) is 2.75. The molecule has 0 aromatic heterocycles. The maximum absolute atomic E-state index is 11.1. The lowest BCUT2D eigenvalue weighted by atomic mass is 9.85. The molecule has 0 amide bonds. The summed E-state index contributed by atoms with van der Waals surface area (Å²) in [4.78, 5) is 11.9. The zero-order valence-corrected chi connectivity index (χ0v) is 9.66. The Kier molecular flexibility index (Phi) is 5.14. The molecule has 0 N–H and O–H groups in total. The van der Waals surface area contributed by atoms with Crippen LogP contribution in [0.5, 0.6) is 0 Å². The van der Waals surface area contributed by atoms with Gasteiger partial charge in [-0.05, 0) is 18.8 Å². The Hall–Kier alpha value is -0.440. The minimum atomic E-state index is -0.214. The molecule has 0 aliphatic heterocycles. The van der Waals surface area contributed by atoms with E-state index in [0.29, 0.717) is 6.61 Å². The molecule has 76 valence electrons. The zero-order valence-electron chi connectivity index (χ0n) is 8.85. The first-order chi connectivity index (χ1) is 5.94. The van der Waals surface area contributed by atoms with E-state index in [4.69, 9.17) is 17.0 Å². The van der Waals surface area contributed by atoms with Crippen LogP contribution in [0, 0.1) is 5.41 Å². The largest absolute Gasteiger partial charge is 0.466 e. The number of carbonyl (C=O) groups excluding carboxylic acids is 1. The standard InChI is InChI=1S/C10H18O2S/c1-5-10(3,4)8(13)7-9(11)12-6-2/h5-7H2,1-4H3. The number of thiocarbonyl (C=S) groups is 1. The molecule has 0 spiro atoms. The van der Waals surface area contributed by atoms with Crippen molar-refractivity contribution >= 4 is 23.1 Å². The lowest BCUT2D eigenvalue weighted by Gasteiger charge is -2.23. The van der Waals surface area contributed by atoms with Gasteiger partial charge in [-0.2, -0.15) is 0 Å². The van der Waals surface area contributed by atoms with E-state index in [1.807, 2.05) is 0 Å². The normalized spacial score (nSPS) is 11.1. The Labute approximate surface area is 85.7 Å². The van der Waals surface area contributed by atoms with Gasteiger partial charge in [0.1, 0.15) is 0 Å². The van der Waals surface area contributed by atoms with Gasteiger partial charge in [-0.1, -0.05) is 33.0 Å². The molecule has 0 unspecified atom stereocenters. The van der Waals surface area contributed by atoms with Gasteiger partial charge < -0.3 is 4.74 Å². The average Bonchev–Trinajstić information content (AvgIpc) is 2.04. The molecule has 13 heavy (non-hydrogen) atoms. The number of rotatable bonds is 5. The highest BCUT2D eigenvalue weighted by Crippen LogP contribution is 2.24. The molecule has 0 aliphatic rings. The fraction of sp³-hybridized carbons (Fsp3) is 0.800. The highest BCUT2D eigenvalue weighted by Gasteiger charge is 2.23. The molecule has 0 aliphatic carbocycles. The molecule has 0 aromatic carbocycles. The summed E-state index contributed by atoms with van der Waals surface area (Å²) < 4.78 is 4.83. The van der Waals surface area contributed by atoms with Crippen molar-refractivity contribution in [3.63, 3.8) is 0 Å². The summed E-state index contributed by atoms with van der Waals surface area (Å²) in [5, 5.41) is 0. The van der Waals surface area contributed by atoms with Crippen molar-refractivity contribution in [1.82, 2.24) is 0 Å². The molecule has 0 fully saturated rings. The third kappa shape index (κ3) is 4.36. The molecule has 3 heteroatoms. The molecule has 2 nitrogen and oxygen atoms in total. The van der Waals surface area contributed by atoms with Crippen molar-refractivity contribution in [3.8, 4) is 0 Å². The Balaban J connectivity index is 4.07. The topological polar surface area (TPSA) is 26.3 Å². The summed E-state index contributed by atoms with van der Waals surface area (Å²) >= 11 is 5.18. The third-order valence-electron chi connectivity index (χ3n) is 2.25. The van der Waals surface area contributed by atoms with Crippen LogP contribution >= 0.6 is 12.2 Å². The van der Waals surface area contributed by atoms with Gasteiger partial charge in [0, 0.05) is 4.86 Å². The van der Waals surface area contributed by atoms with Crippen LogP contribution in [-0.2, 0) is 9.53 Å². The van der Waals surface area contributed by atoms with Crippen LogP contribution in [0.25, 0.3) is 0 Å². The number of hydrogen-bond acceptors (Lipinski definition) is 3.